The minimum Gasteiger partial charge on any atom is -0.486 e. The van der Waals surface area contributed by atoms with Crippen LogP contribution in [0.4, 0.5) is 18.9 Å². The summed E-state index contributed by atoms with van der Waals surface area (Å²) in [7, 11) is -4.23. The maximum Gasteiger partial charge on any atom is 0.387 e. The molecule has 2 aliphatic rings. The molecule has 1 saturated heterocycles. The van der Waals surface area contributed by atoms with Crippen molar-refractivity contribution in [2.45, 2.75) is 49.3 Å². The van der Waals surface area contributed by atoms with Crippen molar-refractivity contribution in [1.29, 1.82) is 0 Å². The number of carboxylic acids is 1. The van der Waals surface area contributed by atoms with E-state index >= 15 is 0 Å². The van der Waals surface area contributed by atoms with Gasteiger partial charge in [-0.2, -0.15) is 8.78 Å². The first-order chi connectivity index (χ1) is 19.4. The number of carbonyl (C=O) groups excluding carboxylic acids is 1. The molecule has 2 heterocycles. The topological polar surface area (TPSA) is 122 Å². The molecule has 0 spiro atoms. The van der Waals surface area contributed by atoms with Crippen molar-refractivity contribution < 1.29 is 45.8 Å². The number of benzene rings is 3. The number of amides is 1. The maximum atomic E-state index is 14.3. The number of carboxylic acid groups (broad SMARTS) is 1. The summed E-state index contributed by atoms with van der Waals surface area (Å²) in [5.74, 6) is -2.83. The number of halogens is 3. The van der Waals surface area contributed by atoms with Crippen LogP contribution in [0.5, 0.6) is 11.5 Å². The lowest BCUT2D eigenvalue weighted by Gasteiger charge is -2.38. The normalized spacial score (nSPS) is 20.4. The number of ether oxygens (including phenoxy) is 2. The second-order valence-electron chi connectivity index (χ2n) is 9.97. The zero-order valence-electron chi connectivity index (χ0n) is 21.6. The van der Waals surface area contributed by atoms with Gasteiger partial charge in [0.15, 0.2) is 0 Å². The van der Waals surface area contributed by atoms with Crippen molar-refractivity contribution >= 4 is 27.6 Å². The third kappa shape index (κ3) is 5.67. The molecule has 41 heavy (non-hydrogen) atoms. The van der Waals surface area contributed by atoms with Gasteiger partial charge in [-0.25, -0.2) is 17.6 Å². The standard InChI is InChI=1S/C28H25F3N2O7S/c1-16-3-2-4-22(9-16)41(37,38)33-15-21(14-28(26(35)36)8-7-25(34)32-28)39-24-6-5-17(12-23(24)33)18-10-19(29)13-20(11-18)40-27(30)31/h2-6,9-13,21,27H,7-8,14-15H2,1H3,(H,32,34)(H,35,36)/t21-,28-/m0/s1. The van der Waals surface area contributed by atoms with Gasteiger partial charge in [0, 0.05) is 18.9 Å². The average Bonchev–Trinajstić information content (AvgIpc) is 3.28. The molecule has 9 nitrogen and oxygen atoms in total. The largest absolute Gasteiger partial charge is 0.486 e. The van der Waals surface area contributed by atoms with E-state index in [0.717, 1.165) is 16.4 Å². The molecule has 3 aromatic carbocycles. The molecule has 2 aliphatic heterocycles. The van der Waals surface area contributed by atoms with E-state index in [1.54, 1.807) is 19.1 Å². The monoisotopic (exact) mass is 590 g/mol. The van der Waals surface area contributed by atoms with Gasteiger partial charge in [0.2, 0.25) is 5.91 Å². The van der Waals surface area contributed by atoms with Crippen LogP contribution in [0.15, 0.2) is 65.6 Å². The lowest BCUT2D eigenvalue weighted by atomic mass is 9.90. The number of nitrogens with zero attached hydrogens (tertiary/aromatic N) is 1. The number of nitrogens with one attached hydrogen (secondary N) is 1. The predicted octanol–water partition coefficient (Wildman–Crippen LogP) is 4.48. The first-order valence-corrected chi connectivity index (χ1v) is 14.0. The van der Waals surface area contributed by atoms with Crippen LogP contribution in [0.1, 0.15) is 24.8 Å². The minimum absolute atomic E-state index is 0.00910. The van der Waals surface area contributed by atoms with E-state index in [1.807, 2.05) is 0 Å². The molecular formula is C28H25F3N2O7S. The van der Waals surface area contributed by atoms with Crippen LogP contribution in [-0.4, -0.2) is 50.2 Å². The van der Waals surface area contributed by atoms with E-state index in [0.29, 0.717) is 11.1 Å². The molecule has 1 amide bonds. The molecule has 0 bridgehead atoms. The quantitative estimate of drug-likeness (QED) is 0.397. The summed E-state index contributed by atoms with van der Waals surface area (Å²) in [4.78, 5) is 24.1. The molecule has 0 radical (unpaired) electrons. The van der Waals surface area contributed by atoms with Gasteiger partial charge in [0.1, 0.15) is 29.0 Å². The second kappa shape index (κ2) is 10.6. The van der Waals surface area contributed by atoms with Crippen LogP contribution in [0.3, 0.4) is 0 Å². The molecule has 1 fully saturated rings. The van der Waals surface area contributed by atoms with Crippen LogP contribution in [0.25, 0.3) is 11.1 Å². The summed E-state index contributed by atoms with van der Waals surface area (Å²) in [6, 6.07) is 13.7. The van der Waals surface area contributed by atoms with Crippen molar-refractivity contribution in [3.05, 3.63) is 72.0 Å². The lowest BCUT2D eigenvalue weighted by molar-refractivity contribution is -0.146. The molecule has 2 N–H and O–H groups in total. The summed E-state index contributed by atoms with van der Waals surface area (Å²) in [6.07, 6.45) is -1.13. The van der Waals surface area contributed by atoms with Gasteiger partial charge < -0.3 is 19.9 Å². The molecule has 0 unspecified atom stereocenters. The summed E-state index contributed by atoms with van der Waals surface area (Å²) < 4.78 is 79.2. The Hall–Kier alpha value is -4.26. The van der Waals surface area contributed by atoms with Crippen LogP contribution < -0.4 is 19.1 Å². The first-order valence-electron chi connectivity index (χ1n) is 12.6. The smallest absolute Gasteiger partial charge is 0.387 e. The van der Waals surface area contributed by atoms with Gasteiger partial charge in [-0.1, -0.05) is 18.2 Å². The van der Waals surface area contributed by atoms with E-state index in [1.165, 1.54) is 36.4 Å². The number of rotatable bonds is 8. The molecule has 5 rings (SSSR count). The fraction of sp³-hybridized carbons (Fsp3) is 0.286. The number of hydrogen-bond acceptors (Lipinski definition) is 6. The Kier molecular flexibility index (Phi) is 7.32. The number of carbonyl (C=O) groups is 2. The highest BCUT2D eigenvalue weighted by Gasteiger charge is 2.48. The van der Waals surface area contributed by atoms with Gasteiger partial charge in [0.05, 0.1) is 17.1 Å². The molecule has 0 saturated carbocycles. The Morgan fingerprint density at radius 1 is 1.17 bits per heavy atom. The Balaban J connectivity index is 1.59. The maximum absolute atomic E-state index is 14.3. The van der Waals surface area contributed by atoms with Crippen molar-refractivity contribution in [1.82, 2.24) is 5.32 Å². The lowest BCUT2D eigenvalue weighted by Crippen LogP contribution is -2.54. The molecule has 216 valence electrons. The third-order valence-corrected chi connectivity index (χ3v) is 8.82. The van der Waals surface area contributed by atoms with Crippen molar-refractivity contribution in [3.8, 4) is 22.6 Å². The van der Waals surface area contributed by atoms with Gasteiger partial charge in [-0.3, -0.25) is 9.10 Å². The average molecular weight is 591 g/mol. The number of fused-ring (bicyclic) bond motifs is 1. The SMILES string of the molecule is Cc1cccc(S(=O)(=O)N2C[C@H](C[C@]3(C(=O)O)CCC(=O)N3)Oc3ccc(-c4cc(F)cc(OC(F)F)c4)cc32)c1. The van der Waals surface area contributed by atoms with Crippen LogP contribution in [0.2, 0.25) is 0 Å². The van der Waals surface area contributed by atoms with E-state index < -0.39 is 51.7 Å². The molecule has 3 aromatic rings. The highest BCUT2D eigenvalue weighted by molar-refractivity contribution is 7.92. The zero-order valence-corrected chi connectivity index (χ0v) is 22.5. The number of aliphatic carboxylic acids is 1. The van der Waals surface area contributed by atoms with Crippen molar-refractivity contribution in [3.63, 3.8) is 0 Å². The fourth-order valence-corrected chi connectivity index (χ4v) is 6.74. The van der Waals surface area contributed by atoms with E-state index in [2.05, 4.69) is 10.1 Å². The summed E-state index contributed by atoms with van der Waals surface area (Å²) in [6.45, 7) is -1.73. The van der Waals surface area contributed by atoms with E-state index in [-0.39, 0.29) is 47.7 Å². The Bertz CT molecular complexity index is 1630. The Morgan fingerprint density at radius 3 is 2.61 bits per heavy atom. The van der Waals surface area contributed by atoms with Crippen LogP contribution in [-0.2, 0) is 19.6 Å². The number of sulfonamides is 1. The third-order valence-electron chi connectivity index (χ3n) is 7.04. The zero-order chi connectivity index (χ0) is 29.5. The minimum atomic E-state index is -4.23. The van der Waals surface area contributed by atoms with Crippen LogP contribution >= 0.6 is 0 Å². The molecular weight excluding hydrogens is 565 g/mol. The number of aryl methyl sites for hydroxylation is 1. The van der Waals surface area contributed by atoms with Gasteiger partial charge in [-0.15, -0.1) is 0 Å². The van der Waals surface area contributed by atoms with Crippen molar-refractivity contribution in [2.24, 2.45) is 0 Å². The van der Waals surface area contributed by atoms with E-state index in [9.17, 15) is 36.3 Å². The highest BCUT2D eigenvalue weighted by atomic mass is 32.2. The molecule has 2 atom stereocenters. The van der Waals surface area contributed by atoms with Crippen LogP contribution in [0, 0.1) is 12.7 Å². The van der Waals surface area contributed by atoms with Crippen molar-refractivity contribution in [2.75, 3.05) is 10.8 Å². The first kappa shape index (κ1) is 28.3. The highest BCUT2D eigenvalue weighted by Crippen LogP contribution is 2.42. The van der Waals surface area contributed by atoms with E-state index in [4.69, 9.17) is 4.74 Å². The predicted molar refractivity (Wildman–Crippen MR) is 141 cm³/mol. The second-order valence-corrected chi connectivity index (χ2v) is 11.8. The number of anilines is 1. The molecule has 0 aliphatic carbocycles. The fourth-order valence-electron chi connectivity index (χ4n) is 5.14. The van der Waals surface area contributed by atoms with Gasteiger partial charge in [-0.05, 0) is 66.4 Å². The number of hydrogen-bond donors (Lipinski definition) is 2. The summed E-state index contributed by atoms with van der Waals surface area (Å²) >= 11 is 0. The van der Waals surface area contributed by atoms with Gasteiger partial charge >= 0.3 is 12.6 Å². The Labute approximate surface area is 233 Å². The van der Waals surface area contributed by atoms with Gasteiger partial charge in [0.25, 0.3) is 10.0 Å². The molecule has 13 heteroatoms. The molecule has 0 aromatic heterocycles. The summed E-state index contributed by atoms with van der Waals surface area (Å²) in [5, 5.41) is 12.4. The summed E-state index contributed by atoms with van der Waals surface area (Å²) in [5.41, 5.74) is -0.410. The Morgan fingerprint density at radius 2 is 1.95 bits per heavy atom. The number of alkyl halides is 2.